The summed E-state index contributed by atoms with van der Waals surface area (Å²) < 4.78 is 50.4. The third kappa shape index (κ3) is 3.85. The lowest BCUT2D eigenvalue weighted by Crippen LogP contribution is -2.48. The molecule has 0 saturated carbocycles. The lowest BCUT2D eigenvalue weighted by molar-refractivity contribution is 0.388. The molecule has 0 spiro atoms. The van der Waals surface area contributed by atoms with Crippen LogP contribution >= 0.6 is 0 Å². The smallest absolute Gasteiger partial charge is 0.248 e. The molecule has 0 aliphatic carbocycles. The van der Waals surface area contributed by atoms with Crippen molar-refractivity contribution in [2.45, 2.75) is 5.16 Å². The molecule has 0 radical (unpaired) electrons. The Morgan fingerprint density at radius 1 is 0.931 bits per heavy atom. The Kier molecular flexibility index (Phi) is 4.83. The molecule has 3 heterocycles. The van der Waals surface area contributed by atoms with E-state index >= 15 is 0 Å². The van der Waals surface area contributed by atoms with Gasteiger partial charge in [-0.2, -0.15) is 4.31 Å². The van der Waals surface area contributed by atoms with Crippen LogP contribution in [0.3, 0.4) is 0 Å². The number of fused-ring (bicyclic) bond motifs is 1. The number of nitrogens with zero attached hydrogens (tertiary/aromatic N) is 5. The maximum absolute atomic E-state index is 11.8. The van der Waals surface area contributed by atoms with E-state index in [-0.39, 0.29) is 5.16 Å². The fourth-order valence-corrected chi connectivity index (χ4v) is 4.87. The number of anilines is 1. The van der Waals surface area contributed by atoms with E-state index in [4.69, 9.17) is 0 Å². The molecule has 1 saturated heterocycles. The third-order valence-electron chi connectivity index (χ3n) is 4.96. The second kappa shape index (κ2) is 7.08. The first kappa shape index (κ1) is 19.8. The largest absolute Gasteiger partial charge is 0.368 e. The zero-order valence-corrected chi connectivity index (χ0v) is 17.7. The van der Waals surface area contributed by atoms with Crippen LogP contribution in [0.4, 0.5) is 5.69 Å². The summed E-state index contributed by atoms with van der Waals surface area (Å²) in [5.41, 5.74) is 1.89. The average Bonchev–Trinajstić information content (AvgIpc) is 3.11. The van der Waals surface area contributed by atoms with Gasteiger partial charge in [-0.1, -0.05) is 6.07 Å². The lowest BCUT2D eigenvalue weighted by Gasteiger charge is -2.35. The summed E-state index contributed by atoms with van der Waals surface area (Å²) in [6.45, 7) is 2.09. The van der Waals surface area contributed by atoms with E-state index in [1.807, 2.05) is 35.0 Å². The van der Waals surface area contributed by atoms with Crippen LogP contribution in [0.15, 0.2) is 47.9 Å². The molecule has 1 fully saturated rings. The van der Waals surface area contributed by atoms with Gasteiger partial charge in [0.05, 0.1) is 11.8 Å². The van der Waals surface area contributed by atoms with Gasteiger partial charge in [-0.05, 0) is 24.3 Å². The molecular formula is C18H21N5O4S2. The first-order valence-corrected chi connectivity index (χ1v) is 12.7. The standard InChI is InChI=1S/C18H21N5O4S2/c1-28(24,25)18-19-8-6-17(20-18)23-9-7-14-15(4-3-5-16(14)23)21-10-12-22(13-11-21)29(2,26)27/h3-9H,10-13H2,1-2H3. The van der Waals surface area contributed by atoms with E-state index in [1.165, 1.54) is 16.8 Å². The van der Waals surface area contributed by atoms with Crippen molar-refractivity contribution in [2.75, 3.05) is 43.6 Å². The molecule has 0 unspecified atom stereocenters. The van der Waals surface area contributed by atoms with Crippen molar-refractivity contribution < 1.29 is 16.8 Å². The van der Waals surface area contributed by atoms with Crippen molar-refractivity contribution in [1.29, 1.82) is 0 Å². The Morgan fingerprint density at radius 3 is 2.31 bits per heavy atom. The zero-order chi connectivity index (χ0) is 20.8. The van der Waals surface area contributed by atoms with Gasteiger partial charge in [0.15, 0.2) is 0 Å². The zero-order valence-electron chi connectivity index (χ0n) is 16.1. The van der Waals surface area contributed by atoms with Crippen LogP contribution in [0.2, 0.25) is 0 Å². The van der Waals surface area contributed by atoms with Crippen LogP contribution in [-0.4, -0.2) is 74.4 Å². The Bertz CT molecular complexity index is 1280. The van der Waals surface area contributed by atoms with Crippen LogP contribution in [0, 0.1) is 0 Å². The van der Waals surface area contributed by atoms with Gasteiger partial charge in [-0.3, -0.25) is 0 Å². The molecule has 0 bridgehead atoms. The second-order valence-corrected chi connectivity index (χ2v) is 10.9. The minimum Gasteiger partial charge on any atom is -0.368 e. The van der Waals surface area contributed by atoms with Crippen molar-refractivity contribution >= 4 is 36.5 Å². The van der Waals surface area contributed by atoms with Crippen LogP contribution < -0.4 is 4.90 Å². The number of aromatic nitrogens is 3. The molecular weight excluding hydrogens is 414 g/mol. The number of hydrogen-bond acceptors (Lipinski definition) is 7. The molecule has 1 aliphatic rings. The molecule has 1 aliphatic heterocycles. The van der Waals surface area contributed by atoms with E-state index in [9.17, 15) is 16.8 Å². The Balaban J connectivity index is 1.70. The van der Waals surface area contributed by atoms with Gasteiger partial charge in [0, 0.05) is 55.9 Å². The van der Waals surface area contributed by atoms with Crippen molar-refractivity contribution in [3.8, 4) is 5.82 Å². The molecule has 11 heteroatoms. The molecule has 0 N–H and O–H groups in total. The van der Waals surface area contributed by atoms with Gasteiger partial charge in [0.1, 0.15) is 5.82 Å². The van der Waals surface area contributed by atoms with Gasteiger partial charge >= 0.3 is 0 Å². The highest BCUT2D eigenvalue weighted by Crippen LogP contribution is 2.30. The molecule has 4 rings (SSSR count). The summed E-state index contributed by atoms with van der Waals surface area (Å²) >= 11 is 0. The molecule has 9 nitrogen and oxygen atoms in total. The van der Waals surface area contributed by atoms with Crippen LogP contribution in [-0.2, 0) is 19.9 Å². The summed E-state index contributed by atoms with van der Waals surface area (Å²) in [5, 5.41) is 0.768. The molecule has 29 heavy (non-hydrogen) atoms. The summed E-state index contributed by atoms with van der Waals surface area (Å²) in [6, 6.07) is 9.48. The number of hydrogen-bond donors (Lipinski definition) is 0. The lowest BCUT2D eigenvalue weighted by atomic mass is 10.2. The molecule has 0 atom stereocenters. The summed E-state index contributed by atoms with van der Waals surface area (Å²) in [4.78, 5) is 10.2. The second-order valence-electron chi connectivity index (χ2n) is 7.01. The number of sulfonamides is 1. The average molecular weight is 436 g/mol. The van der Waals surface area contributed by atoms with Crippen LogP contribution in [0.1, 0.15) is 0 Å². The SMILES string of the molecule is CS(=O)(=O)c1nccc(-n2ccc3c(N4CCN(S(C)(=O)=O)CC4)cccc32)n1. The maximum Gasteiger partial charge on any atom is 0.248 e. The fourth-order valence-electron chi connectivity index (χ4n) is 3.53. The first-order valence-electron chi connectivity index (χ1n) is 8.98. The van der Waals surface area contributed by atoms with Gasteiger partial charge in [-0.25, -0.2) is 26.8 Å². The highest BCUT2D eigenvalue weighted by atomic mass is 32.2. The molecule has 1 aromatic carbocycles. The summed E-state index contributed by atoms with van der Waals surface area (Å²) in [6.07, 6.45) is 5.58. The Labute approximate surface area is 169 Å². The van der Waals surface area contributed by atoms with Crippen molar-refractivity contribution in [3.05, 3.63) is 42.7 Å². The number of rotatable bonds is 4. The molecule has 3 aromatic rings. The highest BCUT2D eigenvalue weighted by Gasteiger charge is 2.24. The van der Waals surface area contributed by atoms with Gasteiger partial charge in [0.25, 0.3) is 0 Å². The number of benzene rings is 1. The highest BCUT2D eigenvalue weighted by molar-refractivity contribution is 7.90. The predicted molar refractivity (Wildman–Crippen MR) is 111 cm³/mol. The summed E-state index contributed by atoms with van der Waals surface area (Å²) in [7, 11) is -6.69. The van der Waals surface area contributed by atoms with Gasteiger partial charge in [0.2, 0.25) is 25.0 Å². The van der Waals surface area contributed by atoms with Gasteiger partial charge < -0.3 is 9.47 Å². The Hall–Kier alpha value is -2.50. The van der Waals surface area contributed by atoms with Gasteiger partial charge in [-0.15, -0.1) is 0 Å². The maximum atomic E-state index is 11.8. The van der Waals surface area contributed by atoms with E-state index < -0.39 is 19.9 Å². The van der Waals surface area contributed by atoms with Crippen molar-refractivity contribution in [2.24, 2.45) is 0 Å². The van der Waals surface area contributed by atoms with Crippen molar-refractivity contribution in [1.82, 2.24) is 18.8 Å². The topological polar surface area (TPSA) is 105 Å². The fraction of sp³-hybridized carbons (Fsp3) is 0.333. The minimum absolute atomic E-state index is 0.218. The third-order valence-corrected chi connectivity index (χ3v) is 7.12. The number of sulfone groups is 1. The Morgan fingerprint density at radius 2 is 1.66 bits per heavy atom. The van der Waals surface area contributed by atoms with Crippen LogP contribution in [0.25, 0.3) is 16.7 Å². The predicted octanol–water partition coefficient (Wildman–Crippen LogP) is 0.906. The summed E-state index contributed by atoms with van der Waals surface area (Å²) in [5.74, 6) is 0.467. The minimum atomic E-state index is -3.51. The normalized spacial score (nSPS) is 16.4. The molecule has 0 amide bonds. The first-order chi connectivity index (χ1) is 13.6. The van der Waals surface area contributed by atoms with E-state index in [0.29, 0.717) is 32.0 Å². The van der Waals surface area contributed by atoms with Crippen molar-refractivity contribution in [3.63, 3.8) is 0 Å². The number of piperazine rings is 1. The van der Waals surface area contributed by atoms with E-state index in [1.54, 1.807) is 6.07 Å². The monoisotopic (exact) mass is 435 g/mol. The quantitative estimate of drug-likeness (QED) is 0.561. The molecule has 154 valence electrons. The molecule has 2 aromatic heterocycles. The van der Waals surface area contributed by atoms with Crippen LogP contribution in [0.5, 0.6) is 0 Å². The van der Waals surface area contributed by atoms with E-state index in [2.05, 4.69) is 14.9 Å². The van der Waals surface area contributed by atoms with E-state index in [0.717, 1.165) is 22.8 Å².